The Bertz CT molecular complexity index is 428. The molecule has 0 N–H and O–H groups in total. The van der Waals surface area contributed by atoms with Crippen molar-refractivity contribution in [2.45, 2.75) is 51.5 Å². The molecule has 0 aliphatic carbocycles. The average Bonchev–Trinajstić information content (AvgIpc) is 2.62. The molecule has 0 aromatic carbocycles. The summed E-state index contributed by atoms with van der Waals surface area (Å²) >= 11 is 0. The van der Waals surface area contributed by atoms with E-state index in [2.05, 4.69) is 18.9 Å². The number of ether oxygens (including phenoxy) is 1. The molecule has 0 saturated carbocycles. The van der Waals surface area contributed by atoms with Crippen molar-refractivity contribution in [1.29, 1.82) is 0 Å². The van der Waals surface area contributed by atoms with Crippen LogP contribution < -0.4 is 0 Å². The van der Waals surface area contributed by atoms with E-state index in [9.17, 15) is 9.59 Å². The monoisotopic (exact) mass is 353 g/mol. The number of nitrogens with zero attached hydrogens (tertiary/aromatic N) is 3. The fourth-order valence-corrected chi connectivity index (χ4v) is 3.78. The summed E-state index contributed by atoms with van der Waals surface area (Å²) < 4.78 is 5.19. The highest BCUT2D eigenvalue weighted by molar-refractivity contribution is 5.84. The molecule has 0 bridgehead atoms. The van der Waals surface area contributed by atoms with Gasteiger partial charge >= 0.3 is 0 Å². The van der Waals surface area contributed by atoms with Crippen molar-refractivity contribution in [2.75, 3.05) is 53.5 Å². The van der Waals surface area contributed by atoms with E-state index in [-0.39, 0.29) is 17.9 Å². The molecular formula is C19H35N3O3. The molecule has 2 aliphatic heterocycles. The van der Waals surface area contributed by atoms with Gasteiger partial charge in [-0.15, -0.1) is 0 Å². The normalized spacial score (nSPS) is 20.7. The number of rotatable bonds is 7. The van der Waals surface area contributed by atoms with Crippen LogP contribution in [0.5, 0.6) is 0 Å². The van der Waals surface area contributed by atoms with Crippen LogP contribution in [0.1, 0.15) is 45.4 Å². The summed E-state index contributed by atoms with van der Waals surface area (Å²) in [4.78, 5) is 31.3. The Labute approximate surface area is 152 Å². The van der Waals surface area contributed by atoms with Gasteiger partial charge in [-0.25, -0.2) is 0 Å². The van der Waals surface area contributed by atoms with Crippen LogP contribution in [0.2, 0.25) is 0 Å². The van der Waals surface area contributed by atoms with Crippen LogP contribution in [0.15, 0.2) is 0 Å². The average molecular weight is 354 g/mol. The zero-order valence-corrected chi connectivity index (χ0v) is 16.2. The molecule has 0 aromatic heterocycles. The Morgan fingerprint density at radius 2 is 1.68 bits per heavy atom. The molecule has 2 rings (SSSR count). The highest BCUT2D eigenvalue weighted by Gasteiger charge is 2.27. The van der Waals surface area contributed by atoms with Gasteiger partial charge in [-0.05, 0) is 51.7 Å². The van der Waals surface area contributed by atoms with E-state index in [0.29, 0.717) is 31.9 Å². The van der Waals surface area contributed by atoms with Gasteiger partial charge in [0.25, 0.3) is 0 Å². The smallest absolute Gasteiger partial charge is 0.223 e. The molecule has 6 nitrogen and oxygen atoms in total. The highest BCUT2D eigenvalue weighted by atomic mass is 16.5. The first kappa shape index (κ1) is 20.2. The van der Waals surface area contributed by atoms with Crippen molar-refractivity contribution < 1.29 is 14.3 Å². The molecule has 0 atom stereocenters. The third kappa shape index (κ3) is 6.26. The predicted molar refractivity (Wildman–Crippen MR) is 98.3 cm³/mol. The van der Waals surface area contributed by atoms with Gasteiger partial charge < -0.3 is 19.4 Å². The molecule has 0 spiro atoms. The van der Waals surface area contributed by atoms with Crippen molar-refractivity contribution in [3.05, 3.63) is 0 Å². The lowest BCUT2D eigenvalue weighted by Crippen LogP contribution is -2.48. The molecule has 0 unspecified atom stereocenters. The molecule has 2 heterocycles. The molecule has 25 heavy (non-hydrogen) atoms. The molecule has 2 aliphatic rings. The van der Waals surface area contributed by atoms with Crippen molar-refractivity contribution in [1.82, 2.24) is 14.7 Å². The van der Waals surface area contributed by atoms with Crippen molar-refractivity contribution >= 4 is 11.8 Å². The maximum atomic E-state index is 12.8. The Morgan fingerprint density at radius 1 is 1.04 bits per heavy atom. The minimum atomic E-state index is 0.102. The molecule has 0 aromatic rings. The van der Waals surface area contributed by atoms with Gasteiger partial charge in [0.15, 0.2) is 0 Å². The Hall–Kier alpha value is -1.14. The summed E-state index contributed by atoms with van der Waals surface area (Å²) in [5.41, 5.74) is 0. The van der Waals surface area contributed by atoms with E-state index in [4.69, 9.17) is 4.74 Å². The molecule has 2 amide bonds. The van der Waals surface area contributed by atoms with E-state index in [1.54, 1.807) is 7.11 Å². The quantitative estimate of drug-likeness (QED) is 0.698. The van der Waals surface area contributed by atoms with Crippen LogP contribution in [0.3, 0.4) is 0 Å². The fraction of sp³-hybridized carbons (Fsp3) is 0.895. The summed E-state index contributed by atoms with van der Waals surface area (Å²) in [5.74, 6) is 0.945. The first-order valence-electron chi connectivity index (χ1n) is 9.76. The van der Waals surface area contributed by atoms with Crippen LogP contribution in [0.4, 0.5) is 0 Å². The minimum absolute atomic E-state index is 0.102. The van der Waals surface area contributed by atoms with Crippen molar-refractivity contribution in [3.8, 4) is 0 Å². The number of carbonyl (C=O) groups is 2. The summed E-state index contributed by atoms with van der Waals surface area (Å²) in [6.45, 7) is 7.14. The van der Waals surface area contributed by atoms with Gasteiger partial charge in [0.05, 0.1) is 6.61 Å². The number of piperidine rings is 2. The second kappa shape index (κ2) is 10.1. The SMILES string of the molecule is COCCN(C(=O)CCC(=O)N1CCC(C)CC1)C1CCN(C)CC1. The topological polar surface area (TPSA) is 53.1 Å². The van der Waals surface area contributed by atoms with Crippen molar-refractivity contribution in [3.63, 3.8) is 0 Å². The summed E-state index contributed by atoms with van der Waals surface area (Å²) in [7, 11) is 3.79. The van der Waals surface area contributed by atoms with Gasteiger partial charge in [0, 0.05) is 45.6 Å². The molecule has 144 valence electrons. The third-order valence-electron chi connectivity index (χ3n) is 5.67. The van der Waals surface area contributed by atoms with E-state index in [1.165, 1.54) is 0 Å². The van der Waals surface area contributed by atoms with Gasteiger partial charge in [-0.1, -0.05) is 6.92 Å². The zero-order valence-electron chi connectivity index (χ0n) is 16.2. The van der Waals surface area contributed by atoms with E-state index < -0.39 is 0 Å². The second-order valence-electron chi connectivity index (χ2n) is 7.68. The lowest BCUT2D eigenvalue weighted by atomic mass is 9.99. The Morgan fingerprint density at radius 3 is 2.28 bits per heavy atom. The van der Waals surface area contributed by atoms with Gasteiger partial charge in [0.1, 0.15) is 0 Å². The molecule has 2 saturated heterocycles. The first-order chi connectivity index (χ1) is 12.0. The van der Waals surface area contributed by atoms with Crippen LogP contribution in [-0.4, -0.2) is 86.0 Å². The van der Waals surface area contributed by atoms with E-state index in [0.717, 1.165) is 51.9 Å². The highest BCUT2D eigenvalue weighted by Crippen LogP contribution is 2.19. The molecular weight excluding hydrogens is 318 g/mol. The third-order valence-corrected chi connectivity index (χ3v) is 5.67. The predicted octanol–water partition coefficient (Wildman–Crippen LogP) is 1.59. The number of hydrogen-bond acceptors (Lipinski definition) is 4. The molecule has 6 heteroatoms. The van der Waals surface area contributed by atoms with Gasteiger partial charge in [0.2, 0.25) is 11.8 Å². The van der Waals surface area contributed by atoms with Crippen LogP contribution in [0.25, 0.3) is 0 Å². The van der Waals surface area contributed by atoms with Crippen molar-refractivity contribution in [2.24, 2.45) is 5.92 Å². The van der Waals surface area contributed by atoms with E-state index >= 15 is 0 Å². The maximum absolute atomic E-state index is 12.8. The maximum Gasteiger partial charge on any atom is 0.223 e. The minimum Gasteiger partial charge on any atom is -0.383 e. The zero-order chi connectivity index (χ0) is 18.2. The van der Waals surface area contributed by atoms with Gasteiger partial charge in [-0.3, -0.25) is 9.59 Å². The lowest BCUT2D eigenvalue weighted by molar-refractivity contribution is -0.140. The number of hydrogen-bond donors (Lipinski definition) is 0. The lowest BCUT2D eigenvalue weighted by Gasteiger charge is -2.37. The Kier molecular flexibility index (Phi) is 8.16. The molecule has 0 radical (unpaired) electrons. The van der Waals surface area contributed by atoms with Crippen LogP contribution in [-0.2, 0) is 14.3 Å². The number of carbonyl (C=O) groups excluding carboxylic acids is 2. The molecule has 2 fully saturated rings. The van der Waals surface area contributed by atoms with Gasteiger partial charge in [-0.2, -0.15) is 0 Å². The van der Waals surface area contributed by atoms with E-state index in [1.807, 2.05) is 9.80 Å². The summed E-state index contributed by atoms with van der Waals surface area (Å²) in [6.07, 6.45) is 4.82. The fourth-order valence-electron chi connectivity index (χ4n) is 3.78. The largest absolute Gasteiger partial charge is 0.383 e. The van der Waals surface area contributed by atoms with Crippen LogP contribution in [0, 0.1) is 5.92 Å². The number of amides is 2. The first-order valence-corrected chi connectivity index (χ1v) is 9.76. The number of methoxy groups -OCH3 is 1. The second-order valence-corrected chi connectivity index (χ2v) is 7.68. The standard InChI is InChI=1S/C19H35N3O3/c1-16-6-12-21(13-7-16)18(23)4-5-19(24)22(14-15-25-3)17-8-10-20(2)11-9-17/h16-17H,4-15H2,1-3H3. The van der Waals surface area contributed by atoms with Crippen LogP contribution >= 0.6 is 0 Å². The Balaban J connectivity index is 1.82. The summed E-state index contributed by atoms with van der Waals surface area (Å²) in [5, 5.41) is 0. The number of likely N-dealkylation sites (tertiary alicyclic amines) is 2. The summed E-state index contributed by atoms with van der Waals surface area (Å²) in [6, 6.07) is 0.282.